The van der Waals surface area contributed by atoms with E-state index in [2.05, 4.69) is 26.0 Å². The molecule has 118 valence electrons. The molecule has 0 radical (unpaired) electrons. The Morgan fingerprint density at radius 2 is 2.05 bits per heavy atom. The van der Waals surface area contributed by atoms with Gasteiger partial charge in [-0.25, -0.2) is 13.1 Å². The van der Waals surface area contributed by atoms with Gasteiger partial charge in [0.25, 0.3) is 5.69 Å². The van der Waals surface area contributed by atoms with Gasteiger partial charge in [0.05, 0.1) is 4.92 Å². The number of hydrogen-bond donors (Lipinski definition) is 2. The molecule has 0 fully saturated rings. The molecule has 0 saturated heterocycles. The Hall–Kier alpha value is -1.49. The van der Waals surface area contributed by atoms with Gasteiger partial charge in [0, 0.05) is 23.6 Å². The van der Waals surface area contributed by atoms with Crippen LogP contribution >= 0.6 is 27.3 Å². The van der Waals surface area contributed by atoms with Gasteiger partial charge in [-0.3, -0.25) is 10.1 Å². The Labute approximate surface area is 139 Å². The fourth-order valence-electron chi connectivity index (χ4n) is 1.68. The molecule has 0 unspecified atom stereocenters. The highest BCUT2D eigenvalue weighted by Crippen LogP contribution is 2.27. The van der Waals surface area contributed by atoms with Crippen molar-refractivity contribution in [2.45, 2.75) is 4.21 Å². The summed E-state index contributed by atoms with van der Waals surface area (Å²) in [5.74, 6) is 0. The zero-order valence-electron chi connectivity index (χ0n) is 11.2. The highest BCUT2D eigenvalue weighted by Gasteiger charge is 2.16. The number of halogens is 1. The molecule has 1 heterocycles. The summed E-state index contributed by atoms with van der Waals surface area (Å²) in [6, 6.07) is 7.79. The van der Waals surface area contributed by atoms with Crippen LogP contribution in [0.1, 0.15) is 0 Å². The first kappa shape index (κ1) is 16.9. The number of rotatable bonds is 7. The van der Waals surface area contributed by atoms with Crippen molar-refractivity contribution in [1.29, 1.82) is 0 Å². The quantitative estimate of drug-likeness (QED) is 0.418. The van der Waals surface area contributed by atoms with Crippen molar-refractivity contribution in [3.8, 4) is 0 Å². The minimum Gasteiger partial charge on any atom is -0.378 e. The molecule has 0 atom stereocenters. The lowest BCUT2D eigenvalue weighted by Crippen LogP contribution is -2.28. The first-order valence-corrected chi connectivity index (χ1v) is 9.27. The molecule has 0 saturated carbocycles. The van der Waals surface area contributed by atoms with Crippen molar-refractivity contribution in [2.24, 2.45) is 0 Å². The van der Waals surface area contributed by atoms with Crippen LogP contribution in [0.2, 0.25) is 0 Å². The van der Waals surface area contributed by atoms with Crippen LogP contribution in [0.3, 0.4) is 0 Å². The van der Waals surface area contributed by atoms with Gasteiger partial charge in [0.2, 0.25) is 10.0 Å². The van der Waals surface area contributed by atoms with E-state index in [0.29, 0.717) is 10.2 Å². The number of sulfonamides is 1. The minimum atomic E-state index is -3.52. The van der Waals surface area contributed by atoms with Crippen molar-refractivity contribution in [2.75, 3.05) is 18.4 Å². The Morgan fingerprint density at radius 1 is 1.27 bits per heavy atom. The standard InChI is InChI=1S/C12H12BrN3O4S2/c13-9-3-4-10(11(8-9)16(17)18)14-5-6-15-22(19,20)12-2-1-7-21-12/h1-4,7-8,14-15H,5-6H2. The second-order valence-electron chi connectivity index (χ2n) is 4.18. The van der Waals surface area contributed by atoms with Crippen LogP contribution < -0.4 is 10.0 Å². The fraction of sp³-hybridized carbons (Fsp3) is 0.167. The molecule has 0 aliphatic rings. The van der Waals surface area contributed by atoms with Crippen molar-refractivity contribution in [1.82, 2.24) is 4.72 Å². The Kier molecular flexibility index (Phi) is 5.51. The van der Waals surface area contributed by atoms with Crippen molar-refractivity contribution >= 4 is 48.7 Å². The topological polar surface area (TPSA) is 101 Å². The molecule has 1 aromatic carbocycles. The molecule has 0 aliphatic carbocycles. The lowest BCUT2D eigenvalue weighted by atomic mass is 10.2. The molecule has 0 aliphatic heterocycles. The van der Waals surface area contributed by atoms with Gasteiger partial charge < -0.3 is 5.32 Å². The summed E-state index contributed by atoms with van der Waals surface area (Å²) in [6.07, 6.45) is 0. The third-order valence-corrected chi connectivity index (χ3v) is 6.00. The van der Waals surface area contributed by atoms with Crippen LogP contribution in [-0.4, -0.2) is 26.4 Å². The summed E-state index contributed by atoms with van der Waals surface area (Å²) < 4.78 is 27.0. The number of benzene rings is 1. The molecule has 10 heteroatoms. The highest BCUT2D eigenvalue weighted by atomic mass is 79.9. The first-order chi connectivity index (χ1) is 10.4. The van der Waals surface area contributed by atoms with Gasteiger partial charge in [0.15, 0.2) is 0 Å². The monoisotopic (exact) mass is 405 g/mol. The lowest BCUT2D eigenvalue weighted by molar-refractivity contribution is -0.384. The van der Waals surface area contributed by atoms with Gasteiger partial charge in [-0.05, 0) is 23.6 Å². The third-order valence-electron chi connectivity index (χ3n) is 2.65. The zero-order chi connectivity index (χ0) is 16.2. The van der Waals surface area contributed by atoms with Crippen LogP contribution in [0.15, 0.2) is 44.4 Å². The molecule has 7 nitrogen and oxygen atoms in total. The Bertz CT molecular complexity index is 763. The Morgan fingerprint density at radius 3 is 2.68 bits per heavy atom. The second-order valence-corrected chi connectivity index (χ2v) is 8.03. The summed E-state index contributed by atoms with van der Waals surface area (Å²) in [6.45, 7) is 0.348. The van der Waals surface area contributed by atoms with E-state index in [1.807, 2.05) is 0 Å². The maximum Gasteiger partial charge on any atom is 0.293 e. The van der Waals surface area contributed by atoms with E-state index < -0.39 is 14.9 Å². The minimum absolute atomic E-state index is 0.0736. The number of anilines is 1. The number of nitrogens with one attached hydrogen (secondary N) is 2. The number of nitro groups is 1. The number of nitrogens with zero attached hydrogens (tertiary/aromatic N) is 1. The summed E-state index contributed by atoms with van der Waals surface area (Å²) in [5.41, 5.74) is 0.263. The molecule has 2 N–H and O–H groups in total. The second kappa shape index (κ2) is 7.18. The normalized spacial score (nSPS) is 11.3. The van der Waals surface area contributed by atoms with E-state index in [1.54, 1.807) is 23.6 Å². The molecule has 1 aromatic heterocycles. The van der Waals surface area contributed by atoms with E-state index >= 15 is 0 Å². The average Bonchev–Trinajstić information content (AvgIpc) is 2.99. The molecule has 0 amide bonds. The van der Waals surface area contributed by atoms with E-state index in [1.165, 1.54) is 12.1 Å². The SMILES string of the molecule is O=[N+]([O-])c1cc(Br)ccc1NCCNS(=O)(=O)c1cccs1. The van der Waals surface area contributed by atoms with E-state index in [9.17, 15) is 18.5 Å². The van der Waals surface area contributed by atoms with Crippen LogP contribution in [0, 0.1) is 10.1 Å². The molecule has 0 spiro atoms. The van der Waals surface area contributed by atoms with E-state index in [-0.39, 0.29) is 23.0 Å². The highest BCUT2D eigenvalue weighted by molar-refractivity contribution is 9.10. The summed E-state index contributed by atoms with van der Waals surface area (Å²) in [5, 5.41) is 15.5. The molecule has 2 rings (SSSR count). The number of thiophene rings is 1. The van der Waals surface area contributed by atoms with Gasteiger partial charge in [-0.15, -0.1) is 11.3 Å². The summed E-state index contributed by atoms with van der Waals surface area (Å²) >= 11 is 4.30. The average molecular weight is 406 g/mol. The Balaban J connectivity index is 1.94. The van der Waals surface area contributed by atoms with Crippen molar-refractivity contribution in [3.05, 3.63) is 50.3 Å². The van der Waals surface area contributed by atoms with E-state index in [0.717, 1.165) is 11.3 Å². The smallest absolute Gasteiger partial charge is 0.293 e. The van der Waals surface area contributed by atoms with Gasteiger partial charge in [-0.2, -0.15) is 0 Å². The van der Waals surface area contributed by atoms with Crippen LogP contribution in [0.4, 0.5) is 11.4 Å². The van der Waals surface area contributed by atoms with Gasteiger partial charge >= 0.3 is 0 Å². The van der Waals surface area contributed by atoms with Crippen LogP contribution in [0.5, 0.6) is 0 Å². The van der Waals surface area contributed by atoms with Crippen LogP contribution in [0.25, 0.3) is 0 Å². The van der Waals surface area contributed by atoms with Gasteiger partial charge in [0.1, 0.15) is 9.90 Å². The van der Waals surface area contributed by atoms with Gasteiger partial charge in [-0.1, -0.05) is 22.0 Å². The van der Waals surface area contributed by atoms with E-state index in [4.69, 9.17) is 0 Å². The molecule has 22 heavy (non-hydrogen) atoms. The number of nitro benzene ring substituents is 1. The van der Waals surface area contributed by atoms with Crippen molar-refractivity contribution in [3.63, 3.8) is 0 Å². The molecule has 2 aromatic rings. The largest absolute Gasteiger partial charge is 0.378 e. The maximum atomic E-state index is 11.9. The van der Waals surface area contributed by atoms with Crippen LogP contribution in [-0.2, 0) is 10.0 Å². The predicted octanol–water partition coefficient (Wildman–Crippen LogP) is 2.81. The maximum absolute atomic E-state index is 11.9. The predicted molar refractivity (Wildman–Crippen MR) is 88.8 cm³/mol. The summed E-state index contributed by atoms with van der Waals surface area (Å²) in [4.78, 5) is 10.5. The zero-order valence-corrected chi connectivity index (χ0v) is 14.4. The molecular formula is C12H12BrN3O4S2. The number of hydrogen-bond acceptors (Lipinski definition) is 6. The third kappa shape index (κ3) is 4.26. The first-order valence-electron chi connectivity index (χ1n) is 6.11. The summed E-state index contributed by atoms with van der Waals surface area (Å²) in [7, 11) is -3.52. The van der Waals surface area contributed by atoms with Crippen molar-refractivity contribution < 1.29 is 13.3 Å². The lowest BCUT2D eigenvalue weighted by Gasteiger charge is -2.08. The molecular weight excluding hydrogens is 394 g/mol. The fourth-order valence-corrected chi connectivity index (χ4v) is 4.09. The molecule has 0 bridgehead atoms.